The molecule has 0 aliphatic carbocycles. The molecule has 0 aromatic heterocycles. The third kappa shape index (κ3) is 2.94. The summed E-state index contributed by atoms with van der Waals surface area (Å²) in [4.78, 5) is 10.9. The van der Waals surface area contributed by atoms with Crippen molar-refractivity contribution < 1.29 is 15.6 Å². The number of benzene rings is 1. The average molecular weight is 193 g/mol. The molecule has 3 heteroatoms. The molecule has 0 radical (unpaired) electrons. The van der Waals surface area contributed by atoms with E-state index in [9.17, 15) is 4.79 Å². The van der Waals surface area contributed by atoms with E-state index in [1.807, 2.05) is 0 Å². The second-order valence-corrected chi connectivity index (χ2v) is 2.54. The van der Waals surface area contributed by atoms with E-state index in [-0.39, 0.29) is 6.05 Å². The van der Waals surface area contributed by atoms with Crippen LogP contribution in [0.4, 0.5) is 0 Å². The van der Waals surface area contributed by atoms with E-state index in [2.05, 4.69) is 4.74 Å². The van der Waals surface area contributed by atoms with Crippen LogP contribution < -0.4 is 4.74 Å². The molecular formula is C11H12O3. The molecule has 0 bridgehead atoms. The van der Waals surface area contributed by atoms with Crippen molar-refractivity contribution >= 4 is 12.0 Å². The van der Waals surface area contributed by atoms with Crippen molar-refractivity contribution in [3.05, 3.63) is 35.9 Å². The Kier molecular flexibility index (Phi) is 3.19. The minimum atomic E-state index is -0.532. The molecule has 0 amide bonds. The quantitative estimate of drug-likeness (QED) is 0.543. The minimum absolute atomic E-state index is 0.115. The summed E-state index contributed by atoms with van der Waals surface area (Å²) in [5.41, 5.74) is 0.640. The van der Waals surface area contributed by atoms with Gasteiger partial charge in [0.2, 0.25) is 0 Å². The average Bonchev–Trinajstić information content (AvgIpc) is 2.29. The zero-order valence-electron chi connectivity index (χ0n) is 9.11. The summed E-state index contributed by atoms with van der Waals surface area (Å²) in [6, 6.07) is 7.00. The fourth-order valence-electron chi connectivity index (χ4n) is 0.888. The van der Waals surface area contributed by atoms with Crippen LogP contribution in [0.3, 0.4) is 0 Å². The van der Waals surface area contributed by atoms with Crippen LogP contribution in [0.2, 0.25) is 0 Å². The van der Waals surface area contributed by atoms with Crippen molar-refractivity contribution in [2.75, 3.05) is 14.2 Å². The number of esters is 1. The highest BCUT2D eigenvalue weighted by molar-refractivity contribution is 5.86. The van der Waals surface area contributed by atoms with Crippen molar-refractivity contribution in [1.82, 2.24) is 0 Å². The molecule has 14 heavy (non-hydrogen) atoms. The van der Waals surface area contributed by atoms with Crippen LogP contribution in [0.15, 0.2) is 30.3 Å². The molecular weight excluding hydrogens is 180 g/mol. The van der Waals surface area contributed by atoms with Gasteiger partial charge < -0.3 is 9.47 Å². The van der Waals surface area contributed by atoms with Gasteiger partial charge in [-0.15, -0.1) is 0 Å². The molecule has 0 aliphatic rings. The number of hydrogen-bond acceptors (Lipinski definition) is 3. The highest BCUT2D eigenvalue weighted by Gasteiger charge is 1.92. The summed E-state index contributed by atoms with van der Waals surface area (Å²) in [6.07, 6.45) is 1.13. The third-order valence-electron chi connectivity index (χ3n) is 1.65. The van der Waals surface area contributed by atoms with Gasteiger partial charge in [0.25, 0.3) is 0 Å². The maximum absolute atomic E-state index is 10.9. The molecule has 74 valence electrons. The number of ether oxygens (including phenoxy) is 2. The Labute approximate surface area is 84.4 Å². The van der Waals surface area contributed by atoms with Gasteiger partial charge in [-0.1, -0.05) is 12.1 Å². The van der Waals surface area contributed by atoms with Crippen molar-refractivity contribution in [1.29, 1.82) is 0 Å². The standard InChI is InChI=1S/C11H12O3/c1-13-10-6-3-9(4-7-10)5-8-11(12)14-2/h3-8H,1-2H3/b8-5+/i5D. The first kappa shape index (κ1) is 8.81. The lowest BCUT2D eigenvalue weighted by molar-refractivity contribution is -0.134. The highest BCUT2D eigenvalue weighted by atomic mass is 16.5. The van der Waals surface area contributed by atoms with Crippen molar-refractivity contribution in [2.24, 2.45) is 0 Å². The van der Waals surface area contributed by atoms with Gasteiger partial charge in [-0.2, -0.15) is 0 Å². The summed E-state index contributed by atoms with van der Waals surface area (Å²) in [5.74, 6) is 0.181. The van der Waals surface area contributed by atoms with E-state index in [0.717, 1.165) is 6.08 Å². The first-order chi connectivity index (χ1) is 7.17. The predicted molar refractivity (Wildman–Crippen MR) is 54.0 cm³/mol. The van der Waals surface area contributed by atoms with Crippen LogP contribution in [-0.4, -0.2) is 20.2 Å². The molecule has 0 N–H and O–H groups in total. The maximum atomic E-state index is 10.9. The van der Waals surface area contributed by atoms with Crippen LogP contribution in [0, 0.1) is 0 Å². The van der Waals surface area contributed by atoms with Crippen LogP contribution in [0.5, 0.6) is 5.75 Å². The number of carbonyl (C=O) groups is 1. The predicted octanol–water partition coefficient (Wildman–Crippen LogP) is 1.88. The van der Waals surface area contributed by atoms with Crippen LogP contribution in [0.1, 0.15) is 6.93 Å². The molecule has 1 aromatic carbocycles. The molecule has 0 heterocycles. The Bertz CT molecular complexity index is 368. The molecule has 0 saturated heterocycles. The molecule has 1 aromatic rings. The Hall–Kier alpha value is -1.77. The van der Waals surface area contributed by atoms with Gasteiger partial charge >= 0.3 is 5.97 Å². The van der Waals surface area contributed by atoms with Gasteiger partial charge in [0.05, 0.1) is 15.6 Å². The van der Waals surface area contributed by atoms with E-state index in [1.165, 1.54) is 7.11 Å². The van der Waals surface area contributed by atoms with Gasteiger partial charge in [-0.05, 0) is 23.7 Å². The summed E-state index contributed by atoms with van der Waals surface area (Å²) in [5, 5.41) is 0. The summed E-state index contributed by atoms with van der Waals surface area (Å²) >= 11 is 0. The lowest BCUT2D eigenvalue weighted by Gasteiger charge is -1.98. The molecule has 0 spiro atoms. The molecule has 0 fully saturated rings. The Morgan fingerprint density at radius 1 is 1.36 bits per heavy atom. The molecule has 1 rings (SSSR count). The third-order valence-corrected chi connectivity index (χ3v) is 1.65. The van der Waals surface area contributed by atoms with Gasteiger partial charge in [-0.3, -0.25) is 0 Å². The summed E-state index contributed by atoms with van der Waals surface area (Å²) in [7, 11) is 2.85. The maximum Gasteiger partial charge on any atom is 0.330 e. The lowest BCUT2D eigenvalue weighted by Crippen LogP contribution is -1.93. The first-order valence-corrected chi connectivity index (χ1v) is 4.08. The van der Waals surface area contributed by atoms with Crippen LogP contribution >= 0.6 is 0 Å². The van der Waals surface area contributed by atoms with E-state index >= 15 is 0 Å². The topological polar surface area (TPSA) is 35.5 Å². The van der Waals surface area contributed by atoms with Crippen molar-refractivity contribution in [2.45, 2.75) is 0 Å². The zero-order valence-corrected chi connectivity index (χ0v) is 8.11. The van der Waals surface area contributed by atoms with Crippen molar-refractivity contribution in [3.8, 4) is 5.75 Å². The molecule has 0 saturated carbocycles. The number of carbonyl (C=O) groups excluding carboxylic acids is 1. The summed E-state index contributed by atoms with van der Waals surface area (Å²) < 4.78 is 17.0. The van der Waals surface area contributed by atoms with Crippen molar-refractivity contribution in [3.63, 3.8) is 0 Å². The SMILES string of the molecule is [2H]/C(=C\C(=O)OC)c1ccc(OC)cc1. The second-order valence-electron chi connectivity index (χ2n) is 2.54. The monoisotopic (exact) mass is 193 g/mol. The minimum Gasteiger partial charge on any atom is -0.497 e. The fraction of sp³-hybridized carbons (Fsp3) is 0.182. The van der Waals surface area contributed by atoms with Gasteiger partial charge in [-0.25, -0.2) is 4.79 Å². The van der Waals surface area contributed by atoms with Gasteiger partial charge in [0, 0.05) is 6.08 Å². The van der Waals surface area contributed by atoms with E-state index in [0.29, 0.717) is 11.3 Å². The second kappa shape index (κ2) is 5.07. The lowest BCUT2D eigenvalue weighted by atomic mass is 10.2. The van der Waals surface area contributed by atoms with Gasteiger partial charge in [0.15, 0.2) is 0 Å². The number of methoxy groups -OCH3 is 2. The Morgan fingerprint density at radius 2 is 2.00 bits per heavy atom. The van der Waals surface area contributed by atoms with Crippen LogP contribution in [-0.2, 0) is 9.53 Å². The summed E-state index contributed by atoms with van der Waals surface area (Å²) in [6.45, 7) is 0. The van der Waals surface area contributed by atoms with Crippen LogP contribution in [0.25, 0.3) is 6.05 Å². The first-order valence-electron chi connectivity index (χ1n) is 4.58. The Morgan fingerprint density at radius 3 is 2.50 bits per heavy atom. The van der Waals surface area contributed by atoms with E-state index < -0.39 is 5.97 Å². The number of rotatable bonds is 3. The zero-order chi connectivity index (χ0) is 11.3. The molecule has 3 nitrogen and oxygen atoms in total. The van der Waals surface area contributed by atoms with Gasteiger partial charge in [0.1, 0.15) is 5.75 Å². The smallest absolute Gasteiger partial charge is 0.330 e. The molecule has 0 aliphatic heterocycles. The largest absolute Gasteiger partial charge is 0.497 e. The normalized spacial score (nSPS) is 11.9. The fourth-order valence-corrected chi connectivity index (χ4v) is 0.888. The molecule has 0 atom stereocenters. The number of hydrogen-bond donors (Lipinski definition) is 0. The van der Waals surface area contributed by atoms with E-state index in [1.54, 1.807) is 31.4 Å². The van der Waals surface area contributed by atoms with E-state index in [4.69, 9.17) is 6.11 Å². The molecule has 0 unspecified atom stereocenters. The Balaban J connectivity index is 2.87. The highest BCUT2D eigenvalue weighted by Crippen LogP contribution is 2.12.